The lowest BCUT2D eigenvalue weighted by Gasteiger charge is -2.13. The van der Waals surface area contributed by atoms with E-state index < -0.39 is 10.0 Å². The molecule has 0 bridgehead atoms. The Morgan fingerprint density at radius 3 is 2.65 bits per heavy atom. The number of ether oxygens (including phenoxy) is 1. The van der Waals surface area contributed by atoms with Gasteiger partial charge in [0.15, 0.2) is 5.82 Å². The van der Waals surface area contributed by atoms with Gasteiger partial charge >= 0.3 is 0 Å². The fraction of sp³-hybridized carbons (Fsp3) is 0.438. The summed E-state index contributed by atoms with van der Waals surface area (Å²) in [4.78, 5) is 0.978. The molecule has 8 nitrogen and oxygen atoms in total. The molecule has 2 heterocycles. The van der Waals surface area contributed by atoms with E-state index in [0.29, 0.717) is 35.1 Å². The second-order valence-corrected chi connectivity index (χ2v) is 8.68. The van der Waals surface area contributed by atoms with E-state index in [9.17, 15) is 8.42 Å². The molecule has 26 heavy (non-hydrogen) atoms. The summed E-state index contributed by atoms with van der Waals surface area (Å²) in [5, 5.41) is 13.1. The Kier molecular flexibility index (Phi) is 5.26. The van der Waals surface area contributed by atoms with Gasteiger partial charge in [0.1, 0.15) is 10.8 Å². The Balaban J connectivity index is 1.71. The van der Waals surface area contributed by atoms with E-state index >= 15 is 0 Å². The predicted octanol–water partition coefficient (Wildman–Crippen LogP) is 2.03. The quantitative estimate of drug-likeness (QED) is 0.657. The lowest BCUT2D eigenvalue weighted by molar-refractivity contribution is 0.337. The highest BCUT2D eigenvalue weighted by Crippen LogP contribution is 2.26. The average Bonchev–Trinajstić information content (AvgIpc) is 3.12. The largest absolute Gasteiger partial charge is 0.494 e. The van der Waals surface area contributed by atoms with Gasteiger partial charge in [-0.15, -0.1) is 10.2 Å². The number of hydrogen-bond donors (Lipinski definition) is 1. The highest BCUT2D eigenvalue weighted by atomic mass is 32.2. The summed E-state index contributed by atoms with van der Waals surface area (Å²) >= 11 is 1.40. The molecule has 10 heteroatoms. The molecule has 0 saturated heterocycles. The average molecular weight is 396 g/mol. The summed E-state index contributed by atoms with van der Waals surface area (Å²) in [6.45, 7) is 8.12. The molecule has 0 amide bonds. The molecule has 0 spiro atoms. The van der Waals surface area contributed by atoms with E-state index in [1.807, 2.05) is 20.8 Å². The number of sulfonamides is 1. The van der Waals surface area contributed by atoms with E-state index in [1.54, 1.807) is 23.6 Å². The molecule has 0 aliphatic heterocycles. The zero-order valence-corrected chi connectivity index (χ0v) is 16.7. The van der Waals surface area contributed by atoms with Crippen LogP contribution in [0.2, 0.25) is 0 Å². The highest BCUT2D eigenvalue weighted by molar-refractivity contribution is 7.89. The molecule has 1 N–H and O–H groups in total. The minimum absolute atomic E-state index is 0.261. The molecular weight excluding hydrogens is 374 g/mol. The summed E-state index contributed by atoms with van der Waals surface area (Å²) in [5.41, 5.74) is 1.45. The van der Waals surface area contributed by atoms with Crippen molar-refractivity contribution >= 4 is 26.3 Å². The summed E-state index contributed by atoms with van der Waals surface area (Å²) in [5.74, 6) is 1.42. The minimum Gasteiger partial charge on any atom is -0.494 e. The minimum atomic E-state index is -3.60. The van der Waals surface area contributed by atoms with Crippen LogP contribution in [0.3, 0.4) is 0 Å². The first-order valence-electron chi connectivity index (χ1n) is 8.23. The van der Waals surface area contributed by atoms with Crippen LogP contribution < -0.4 is 9.46 Å². The molecule has 3 rings (SSSR count). The molecule has 0 atom stereocenters. The molecule has 0 fully saturated rings. The number of aromatic nitrogens is 4. The smallest absolute Gasteiger partial charge is 0.240 e. The molecule has 0 unspecified atom stereocenters. The van der Waals surface area contributed by atoms with Gasteiger partial charge < -0.3 is 4.74 Å². The van der Waals surface area contributed by atoms with Crippen molar-refractivity contribution in [2.24, 2.45) is 0 Å². The fourth-order valence-corrected chi connectivity index (χ4v) is 4.81. The van der Waals surface area contributed by atoms with Crippen molar-refractivity contribution in [1.29, 1.82) is 0 Å². The molecular formula is C16H21N5O3S2. The van der Waals surface area contributed by atoms with Gasteiger partial charge in [-0.25, -0.2) is 13.1 Å². The van der Waals surface area contributed by atoms with Gasteiger partial charge in [0.05, 0.1) is 11.5 Å². The van der Waals surface area contributed by atoms with Crippen LogP contribution in [-0.2, 0) is 16.4 Å². The molecule has 3 aromatic rings. The van der Waals surface area contributed by atoms with Crippen molar-refractivity contribution in [1.82, 2.24) is 24.5 Å². The van der Waals surface area contributed by atoms with Crippen molar-refractivity contribution < 1.29 is 13.2 Å². The topological polar surface area (TPSA) is 98.5 Å². The first kappa shape index (κ1) is 18.7. The van der Waals surface area contributed by atoms with Crippen molar-refractivity contribution in [3.05, 3.63) is 34.1 Å². The Bertz CT molecular complexity index is 1040. The number of benzene rings is 1. The van der Waals surface area contributed by atoms with Crippen molar-refractivity contribution in [2.75, 3.05) is 13.2 Å². The van der Waals surface area contributed by atoms with Gasteiger partial charge in [0.2, 0.25) is 15.0 Å². The molecule has 0 aliphatic carbocycles. The monoisotopic (exact) mass is 395 g/mol. The number of hydrogen-bond acceptors (Lipinski definition) is 7. The predicted molar refractivity (Wildman–Crippen MR) is 99.4 cm³/mol. The van der Waals surface area contributed by atoms with E-state index in [2.05, 4.69) is 20.0 Å². The number of fused-ring (bicyclic) bond motifs is 1. The normalized spacial score (nSPS) is 12.0. The SMILES string of the molecule is CCOc1cc(C)c(S(=O)(=O)NCCc2nn3c(C)nnc3s2)cc1C. The maximum atomic E-state index is 12.6. The van der Waals surface area contributed by atoms with E-state index in [-0.39, 0.29) is 11.4 Å². The third kappa shape index (κ3) is 3.71. The number of nitrogens with one attached hydrogen (secondary N) is 1. The van der Waals surface area contributed by atoms with Gasteiger partial charge in [-0.05, 0) is 51.0 Å². The Morgan fingerprint density at radius 2 is 1.96 bits per heavy atom. The van der Waals surface area contributed by atoms with Crippen molar-refractivity contribution in [3.8, 4) is 5.75 Å². The second kappa shape index (κ2) is 7.29. The Morgan fingerprint density at radius 1 is 1.19 bits per heavy atom. The van der Waals surface area contributed by atoms with Crippen molar-refractivity contribution in [2.45, 2.75) is 39.0 Å². The lowest BCUT2D eigenvalue weighted by Crippen LogP contribution is -2.26. The summed E-state index contributed by atoms with van der Waals surface area (Å²) < 4.78 is 35.1. The van der Waals surface area contributed by atoms with Crippen LogP contribution in [0.25, 0.3) is 4.96 Å². The summed E-state index contributed by atoms with van der Waals surface area (Å²) in [6.07, 6.45) is 0.488. The molecule has 0 radical (unpaired) electrons. The van der Waals surface area contributed by atoms with E-state index in [1.165, 1.54) is 11.3 Å². The zero-order valence-electron chi connectivity index (χ0n) is 15.1. The number of rotatable bonds is 7. The zero-order chi connectivity index (χ0) is 18.9. The third-order valence-electron chi connectivity index (χ3n) is 3.88. The lowest BCUT2D eigenvalue weighted by atomic mass is 10.1. The van der Waals surface area contributed by atoms with E-state index in [4.69, 9.17) is 4.74 Å². The van der Waals surface area contributed by atoms with Gasteiger partial charge in [-0.2, -0.15) is 9.61 Å². The first-order chi connectivity index (χ1) is 12.3. The Hall–Kier alpha value is -2.04. The maximum absolute atomic E-state index is 12.6. The van der Waals surface area contributed by atoms with Crippen LogP contribution >= 0.6 is 11.3 Å². The first-order valence-corrected chi connectivity index (χ1v) is 10.5. The molecule has 140 valence electrons. The van der Waals surface area contributed by atoms with Gasteiger partial charge in [0.25, 0.3) is 0 Å². The second-order valence-electron chi connectivity index (χ2n) is 5.90. The standard InChI is InChI=1S/C16H21N5O3S2/c1-5-24-13-8-11(3)14(9-10(13)2)26(22,23)17-7-6-15-20-21-12(4)18-19-16(21)25-15/h8-9,17H,5-7H2,1-4H3. The van der Waals surface area contributed by atoms with Crippen molar-refractivity contribution in [3.63, 3.8) is 0 Å². The van der Waals surface area contributed by atoms with Gasteiger partial charge in [-0.3, -0.25) is 0 Å². The number of aryl methyl sites for hydroxylation is 3. The van der Waals surface area contributed by atoms with Crippen LogP contribution in [0.5, 0.6) is 5.75 Å². The van der Waals surface area contributed by atoms with Gasteiger partial charge in [-0.1, -0.05) is 11.3 Å². The molecule has 1 aromatic carbocycles. The molecule has 0 saturated carbocycles. The molecule has 2 aromatic heterocycles. The Labute approximate surface area is 156 Å². The fourth-order valence-electron chi connectivity index (χ4n) is 2.59. The van der Waals surface area contributed by atoms with Crippen LogP contribution in [0, 0.1) is 20.8 Å². The highest BCUT2D eigenvalue weighted by Gasteiger charge is 2.19. The van der Waals surface area contributed by atoms with Crippen LogP contribution in [-0.4, -0.2) is 41.4 Å². The molecule has 0 aliphatic rings. The van der Waals surface area contributed by atoms with Crippen LogP contribution in [0.4, 0.5) is 0 Å². The van der Waals surface area contributed by atoms with Gasteiger partial charge in [0, 0.05) is 13.0 Å². The summed E-state index contributed by atoms with van der Waals surface area (Å²) in [7, 11) is -3.60. The van der Waals surface area contributed by atoms with E-state index in [0.717, 1.165) is 10.6 Å². The number of nitrogens with zero attached hydrogens (tertiary/aromatic N) is 4. The van der Waals surface area contributed by atoms with Crippen LogP contribution in [0.15, 0.2) is 17.0 Å². The summed E-state index contributed by atoms with van der Waals surface area (Å²) in [6, 6.07) is 3.41. The maximum Gasteiger partial charge on any atom is 0.240 e. The van der Waals surface area contributed by atoms with Crippen LogP contribution in [0.1, 0.15) is 28.9 Å². The third-order valence-corrected chi connectivity index (χ3v) is 6.44.